The van der Waals surface area contributed by atoms with E-state index in [1.807, 2.05) is 0 Å². The third kappa shape index (κ3) is 3.44. The van der Waals surface area contributed by atoms with E-state index in [-0.39, 0.29) is 17.0 Å². The molecule has 1 unspecified atom stereocenters. The number of aromatic nitrogens is 2. The number of hydrogen-bond donors (Lipinski definition) is 1. The Hall–Kier alpha value is -1.84. The van der Waals surface area contributed by atoms with Gasteiger partial charge in [0.05, 0.1) is 18.4 Å². The fourth-order valence-corrected chi connectivity index (χ4v) is 4.43. The number of sulfonamides is 1. The van der Waals surface area contributed by atoms with Crippen LogP contribution in [0, 0.1) is 11.6 Å². The number of fused-ring (bicyclic) bond motifs is 1. The molecule has 9 heteroatoms. The monoisotopic (exact) mass is 370 g/mol. The Kier molecular flexibility index (Phi) is 4.90. The number of nitrogens with zero attached hydrogens (tertiary/aromatic N) is 3. The Balaban J connectivity index is 1.82. The minimum atomic E-state index is -3.75. The SMILES string of the molecule is CC(CN(C)S(=O)(=O)c1cnn2c1CNCC2)c1ccc(F)cc1F. The van der Waals surface area contributed by atoms with Crippen LogP contribution in [-0.4, -0.2) is 42.6 Å². The predicted octanol–water partition coefficient (Wildman–Crippen LogP) is 1.69. The van der Waals surface area contributed by atoms with E-state index in [1.54, 1.807) is 11.6 Å². The summed E-state index contributed by atoms with van der Waals surface area (Å²) in [5, 5.41) is 7.26. The van der Waals surface area contributed by atoms with E-state index in [1.165, 1.54) is 29.7 Å². The number of rotatable bonds is 5. The molecule has 25 heavy (non-hydrogen) atoms. The first-order valence-corrected chi connectivity index (χ1v) is 9.41. The van der Waals surface area contributed by atoms with E-state index in [2.05, 4.69) is 10.4 Å². The summed E-state index contributed by atoms with van der Waals surface area (Å²) in [5.74, 6) is -1.76. The van der Waals surface area contributed by atoms with Gasteiger partial charge in [-0.2, -0.15) is 5.10 Å². The topological polar surface area (TPSA) is 67.2 Å². The highest BCUT2D eigenvalue weighted by Crippen LogP contribution is 2.25. The van der Waals surface area contributed by atoms with Gasteiger partial charge >= 0.3 is 0 Å². The van der Waals surface area contributed by atoms with Gasteiger partial charge in [0, 0.05) is 32.7 Å². The molecule has 3 rings (SSSR count). The van der Waals surface area contributed by atoms with Crippen LogP contribution in [-0.2, 0) is 23.1 Å². The van der Waals surface area contributed by atoms with Gasteiger partial charge in [0.25, 0.3) is 0 Å². The molecule has 1 aliphatic rings. The largest absolute Gasteiger partial charge is 0.309 e. The third-order valence-corrected chi connectivity index (χ3v) is 6.28. The Morgan fingerprint density at radius 1 is 1.40 bits per heavy atom. The minimum Gasteiger partial charge on any atom is -0.309 e. The van der Waals surface area contributed by atoms with Crippen LogP contribution in [0.1, 0.15) is 24.1 Å². The normalized spacial score (nSPS) is 16.0. The summed E-state index contributed by atoms with van der Waals surface area (Å²) in [7, 11) is -2.30. The molecule has 0 saturated heterocycles. The van der Waals surface area contributed by atoms with E-state index < -0.39 is 27.6 Å². The Labute approximate surface area is 145 Å². The van der Waals surface area contributed by atoms with Gasteiger partial charge in [-0.05, 0) is 17.5 Å². The molecular formula is C16H20F2N4O2S. The molecule has 6 nitrogen and oxygen atoms in total. The highest BCUT2D eigenvalue weighted by molar-refractivity contribution is 7.89. The van der Waals surface area contributed by atoms with Crippen molar-refractivity contribution in [3.05, 3.63) is 47.3 Å². The molecule has 0 fully saturated rings. The Morgan fingerprint density at radius 3 is 2.88 bits per heavy atom. The maximum atomic E-state index is 13.9. The summed E-state index contributed by atoms with van der Waals surface area (Å²) in [6.07, 6.45) is 1.36. The lowest BCUT2D eigenvalue weighted by atomic mass is 10.0. The first-order chi connectivity index (χ1) is 11.8. The van der Waals surface area contributed by atoms with Gasteiger partial charge in [0.1, 0.15) is 16.5 Å². The maximum absolute atomic E-state index is 13.9. The fourth-order valence-electron chi connectivity index (χ4n) is 3.02. The Morgan fingerprint density at radius 2 is 2.16 bits per heavy atom. The summed E-state index contributed by atoms with van der Waals surface area (Å²) in [5.41, 5.74) is 0.904. The lowest BCUT2D eigenvalue weighted by Gasteiger charge is -2.23. The van der Waals surface area contributed by atoms with Gasteiger partial charge in [-0.15, -0.1) is 0 Å². The number of nitrogens with one attached hydrogen (secondary N) is 1. The summed E-state index contributed by atoms with van der Waals surface area (Å²) >= 11 is 0. The van der Waals surface area contributed by atoms with Crippen LogP contribution in [0.4, 0.5) is 8.78 Å². The molecule has 136 valence electrons. The van der Waals surface area contributed by atoms with E-state index >= 15 is 0 Å². The zero-order chi connectivity index (χ0) is 18.2. The number of benzene rings is 1. The third-order valence-electron chi connectivity index (χ3n) is 4.42. The van der Waals surface area contributed by atoms with Crippen molar-refractivity contribution in [3.63, 3.8) is 0 Å². The lowest BCUT2D eigenvalue weighted by Crippen LogP contribution is -2.33. The number of likely N-dealkylation sites (N-methyl/N-ethyl adjacent to an activating group) is 1. The van der Waals surface area contributed by atoms with Crippen molar-refractivity contribution in [2.75, 3.05) is 20.1 Å². The van der Waals surface area contributed by atoms with Crippen LogP contribution >= 0.6 is 0 Å². The number of halogens is 2. The van der Waals surface area contributed by atoms with Crippen LogP contribution in [0.5, 0.6) is 0 Å². The van der Waals surface area contributed by atoms with Gasteiger partial charge in [0.2, 0.25) is 10.0 Å². The van der Waals surface area contributed by atoms with Crippen molar-refractivity contribution >= 4 is 10.0 Å². The van der Waals surface area contributed by atoms with Crippen molar-refractivity contribution < 1.29 is 17.2 Å². The molecule has 2 heterocycles. The van der Waals surface area contributed by atoms with Crippen molar-refractivity contribution in [3.8, 4) is 0 Å². The van der Waals surface area contributed by atoms with Crippen molar-refractivity contribution in [2.45, 2.75) is 30.8 Å². The molecule has 1 atom stereocenters. The van der Waals surface area contributed by atoms with Gasteiger partial charge in [-0.3, -0.25) is 4.68 Å². The summed E-state index contributed by atoms with van der Waals surface area (Å²) < 4.78 is 55.6. The Bertz CT molecular complexity index is 882. The quantitative estimate of drug-likeness (QED) is 0.870. The zero-order valence-electron chi connectivity index (χ0n) is 14.0. The van der Waals surface area contributed by atoms with Crippen LogP contribution in [0.25, 0.3) is 0 Å². The van der Waals surface area contributed by atoms with Crippen molar-refractivity contribution in [1.82, 2.24) is 19.4 Å². The van der Waals surface area contributed by atoms with Crippen molar-refractivity contribution in [1.29, 1.82) is 0 Å². The molecule has 1 aliphatic heterocycles. The molecule has 1 N–H and O–H groups in total. The summed E-state index contributed by atoms with van der Waals surface area (Å²) in [4.78, 5) is 0.161. The predicted molar refractivity (Wildman–Crippen MR) is 88.5 cm³/mol. The highest BCUT2D eigenvalue weighted by atomic mass is 32.2. The second kappa shape index (κ2) is 6.81. The summed E-state index contributed by atoms with van der Waals surface area (Å²) in [6.45, 7) is 3.57. The standard InChI is InChI=1S/C16H20F2N4O2S/c1-11(13-4-3-12(17)7-14(13)18)10-21(2)25(23,24)16-9-20-22-6-5-19-8-15(16)22/h3-4,7,9,11,19H,5-6,8,10H2,1-2H3. The molecule has 0 spiro atoms. The van der Waals surface area contributed by atoms with Gasteiger partial charge in [-0.1, -0.05) is 13.0 Å². The first-order valence-electron chi connectivity index (χ1n) is 7.97. The number of hydrogen-bond acceptors (Lipinski definition) is 4. The molecule has 2 aromatic rings. The maximum Gasteiger partial charge on any atom is 0.246 e. The average Bonchev–Trinajstić information content (AvgIpc) is 2.99. The van der Waals surface area contributed by atoms with Gasteiger partial charge in [0.15, 0.2) is 0 Å². The highest BCUT2D eigenvalue weighted by Gasteiger charge is 2.29. The molecule has 0 bridgehead atoms. The first kappa shape index (κ1) is 18.0. The van der Waals surface area contributed by atoms with Crippen LogP contribution < -0.4 is 5.32 Å². The van der Waals surface area contributed by atoms with E-state index in [0.29, 0.717) is 18.8 Å². The second-order valence-electron chi connectivity index (χ2n) is 6.21. The average molecular weight is 370 g/mol. The zero-order valence-corrected chi connectivity index (χ0v) is 14.9. The molecule has 1 aromatic heterocycles. The van der Waals surface area contributed by atoms with Crippen LogP contribution in [0.3, 0.4) is 0 Å². The minimum absolute atomic E-state index is 0.0724. The lowest BCUT2D eigenvalue weighted by molar-refractivity contribution is 0.434. The fraction of sp³-hybridized carbons (Fsp3) is 0.438. The molecule has 0 saturated carbocycles. The molecule has 1 aromatic carbocycles. The van der Waals surface area contributed by atoms with Gasteiger partial charge in [-0.25, -0.2) is 21.5 Å². The van der Waals surface area contributed by atoms with E-state index in [0.717, 1.165) is 12.6 Å². The smallest absolute Gasteiger partial charge is 0.246 e. The second-order valence-corrected chi connectivity index (χ2v) is 8.22. The molecule has 0 amide bonds. The van der Waals surface area contributed by atoms with Gasteiger partial charge < -0.3 is 5.32 Å². The van der Waals surface area contributed by atoms with Crippen LogP contribution in [0.15, 0.2) is 29.3 Å². The van der Waals surface area contributed by atoms with Crippen LogP contribution in [0.2, 0.25) is 0 Å². The molecule has 0 radical (unpaired) electrons. The van der Waals surface area contributed by atoms with E-state index in [4.69, 9.17) is 0 Å². The molecule has 0 aliphatic carbocycles. The van der Waals surface area contributed by atoms with E-state index in [9.17, 15) is 17.2 Å². The molecular weight excluding hydrogens is 350 g/mol. The summed E-state index contributed by atoms with van der Waals surface area (Å²) in [6, 6.07) is 3.32. The van der Waals surface area contributed by atoms with Crippen molar-refractivity contribution in [2.24, 2.45) is 0 Å².